The lowest BCUT2D eigenvalue weighted by molar-refractivity contribution is -0.0244. The van der Waals surface area contributed by atoms with Crippen LogP contribution >= 0.6 is 0 Å². The van der Waals surface area contributed by atoms with Gasteiger partial charge in [0, 0.05) is 32.3 Å². The second kappa shape index (κ2) is 12.2. The number of rotatable bonds is 10. The quantitative estimate of drug-likeness (QED) is 0.559. The van der Waals surface area contributed by atoms with Crippen molar-refractivity contribution in [1.29, 1.82) is 0 Å². The normalized spacial score (nSPS) is 11.3. The minimum absolute atomic E-state index is 0.0848. The molecule has 0 saturated heterocycles. The number of methoxy groups -OCH3 is 1. The molecule has 0 spiro atoms. The maximum atomic E-state index is 13.4. The maximum absolute atomic E-state index is 13.4. The predicted molar refractivity (Wildman–Crippen MR) is 125 cm³/mol. The van der Waals surface area contributed by atoms with Crippen molar-refractivity contribution < 1.29 is 19.1 Å². The number of nitrogens with one attached hydrogen (secondary N) is 1. The molecule has 0 aliphatic rings. The summed E-state index contributed by atoms with van der Waals surface area (Å²) in [6.07, 6.45) is -0.469. The van der Waals surface area contributed by atoms with Gasteiger partial charge >= 0.3 is 6.09 Å². The van der Waals surface area contributed by atoms with E-state index in [1.807, 2.05) is 75.2 Å². The number of ether oxygens (including phenoxy) is 2. The highest BCUT2D eigenvalue weighted by Gasteiger charge is 2.22. The maximum Gasteiger partial charge on any atom is 0.407 e. The third-order valence-electron chi connectivity index (χ3n) is 4.71. The molecule has 32 heavy (non-hydrogen) atoms. The van der Waals surface area contributed by atoms with Crippen molar-refractivity contribution in [2.24, 2.45) is 0 Å². The monoisotopic (exact) mass is 441 g/mol. The Balaban J connectivity index is 2.11. The van der Waals surface area contributed by atoms with Crippen molar-refractivity contribution in [2.45, 2.75) is 46.4 Å². The summed E-state index contributed by atoms with van der Waals surface area (Å²) >= 11 is 0. The lowest BCUT2D eigenvalue weighted by Gasteiger charge is -2.34. The molecule has 0 aromatic heterocycles. The average Bonchev–Trinajstić information content (AvgIpc) is 2.77. The third kappa shape index (κ3) is 8.32. The summed E-state index contributed by atoms with van der Waals surface area (Å²) < 4.78 is 10.5. The molecule has 2 rings (SSSR count). The molecule has 0 radical (unpaired) electrons. The van der Waals surface area contributed by atoms with E-state index in [1.165, 1.54) is 0 Å². The zero-order valence-electron chi connectivity index (χ0n) is 19.8. The fraction of sp³-hybridized carbons (Fsp3) is 0.440. The van der Waals surface area contributed by atoms with Crippen LogP contribution in [-0.4, -0.2) is 54.4 Å². The van der Waals surface area contributed by atoms with Crippen LogP contribution in [0.3, 0.4) is 0 Å². The van der Waals surface area contributed by atoms with E-state index in [2.05, 4.69) is 5.32 Å². The van der Waals surface area contributed by atoms with Gasteiger partial charge in [-0.05, 0) is 44.0 Å². The molecule has 0 bridgehead atoms. The number of likely N-dealkylation sites (N-methyl/N-ethyl adjacent to an activating group) is 1. The van der Waals surface area contributed by atoms with E-state index >= 15 is 0 Å². The number of carbonyl (C=O) groups excluding carboxylic acids is 2. The van der Waals surface area contributed by atoms with Crippen LogP contribution in [0.1, 0.15) is 49.2 Å². The molecule has 0 aliphatic heterocycles. The predicted octanol–water partition coefficient (Wildman–Crippen LogP) is 4.24. The summed E-state index contributed by atoms with van der Waals surface area (Å²) in [6, 6.07) is 17.2. The second-order valence-corrected chi connectivity index (χ2v) is 8.44. The van der Waals surface area contributed by atoms with Crippen LogP contribution in [0.4, 0.5) is 4.79 Å². The molecule has 0 heterocycles. The molecule has 174 valence electrons. The van der Waals surface area contributed by atoms with Crippen LogP contribution in [0.25, 0.3) is 0 Å². The molecule has 0 atom stereocenters. The number of carbonyl (C=O) groups is 2. The summed E-state index contributed by atoms with van der Waals surface area (Å²) in [7, 11) is 1.65. The van der Waals surface area contributed by atoms with Gasteiger partial charge in [0.2, 0.25) is 0 Å². The Morgan fingerprint density at radius 3 is 2.19 bits per heavy atom. The molecule has 2 amide bonds. The van der Waals surface area contributed by atoms with Crippen LogP contribution in [0.2, 0.25) is 0 Å². The smallest absolute Gasteiger partial charge is 0.407 e. The van der Waals surface area contributed by atoms with E-state index in [9.17, 15) is 9.59 Å². The van der Waals surface area contributed by atoms with E-state index in [1.54, 1.807) is 24.3 Å². The van der Waals surface area contributed by atoms with Gasteiger partial charge in [-0.15, -0.1) is 0 Å². The molecule has 7 heteroatoms. The zero-order chi connectivity index (χ0) is 23.6. The van der Waals surface area contributed by atoms with Crippen LogP contribution in [0.15, 0.2) is 54.6 Å². The van der Waals surface area contributed by atoms with Gasteiger partial charge in [-0.25, -0.2) is 9.80 Å². The first kappa shape index (κ1) is 25.4. The molecule has 2 aromatic rings. The Kier molecular flexibility index (Phi) is 9.68. The number of hydrogen-bond acceptors (Lipinski definition) is 5. The van der Waals surface area contributed by atoms with Gasteiger partial charge in [0.05, 0.1) is 13.2 Å². The molecular formula is C25H35N3O4. The van der Waals surface area contributed by atoms with Gasteiger partial charge in [-0.3, -0.25) is 9.80 Å². The van der Waals surface area contributed by atoms with E-state index in [0.717, 1.165) is 11.1 Å². The minimum Gasteiger partial charge on any atom is -0.444 e. The number of hydrazine groups is 1. The second-order valence-electron chi connectivity index (χ2n) is 8.44. The SMILES string of the molecule is CCN(CCOC)N(Cc1ccccc1)C(=O)c1ccc(CNC(=O)OC(C)(C)C)cc1. The van der Waals surface area contributed by atoms with Crippen molar-refractivity contribution in [1.82, 2.24) is 15.3 Å². The molecule has 1 N–H and O–H groups in total. The van der Waals surface area contributed by atoms with Crippen LogP contribution in [0.5, 0.6) is 0 Å². The highest BCUT2D eigenvalue weighted by molar-refractivity contribution is 5.94. The van der Waals surface area contributed by atoms with Crippen molar-refractivity contribution in [3.63, 3.8) is 0 Å². The summed E-state index contributed by atoms with van der Waals surface area (Å²) in [5.41, 5.74) is 1.97. The minimum atomic E-state index is -0.545. The Labute approximate surface area is 191 Å². The highest BCUT2D eigenvalue weighted by Crippen LogP contribution is 2.15. The number of amides is 2. The standard InChI is InChI=1S/C25H35N3O4/c1-6-27(16-17-31-5)28(19-21-10-8-7-9-11-21)23(29)22-14-12-20(13-15-22)18-26-24(30)32-25(2,3)4/h7-15H,6,16-19H2,1-5H3,(H,26,30). The number of alkyl carbamates (subject to hydrolysis) is 1. The van der Waals surface area contributed by atoms with Gasteiger partial charge in [0.1, 0.15) is 5.60 Å². The largest absolute Gasteiger partial charge is 0.444 e. The highest BCUT2D eigenvalue weighted by atomic mass is 16.6. The van der Waals surface area contributed by atoms with Gasteiger partial charge in [-0.2, -0.15) is 0 Å². The average molecular weight is 442 g/mol. The molecule has 7 nitrogen and oxygen atoms in total. The number of hydrogen-bond donors (Lipinski definition) is 1. The van der Waals surface area contributed by atoms with Crippen molar-refractivity contribution >= 4 is 12.0 Å². The van der Waals surface area contributed by atoms with Gasteiger partial charge < -0.3 is 14.8 Å². The Bertz CT molecular complexity index is 848. The fourth-order valence-corrected chi connectivity index (χ4v) is 3.11. The van der Waals surface area contributed by atoms with E-state index in [4.69, 9.17) is 9.47 Å². The third-order valence-corrected chi connectivity index (χ3v) is 4.71. The molecule has 0 aliphatic carbocycles. The summed E-state index contributed by atoms with van der Waals surface area (Å²) in [4.78, 5) is 25.3. The summed E-state index contributed by atoms with van der Waals surface area (Å²) in [6.45, 7) is 10.1. The molecule has 0 saturated carbocycles. The Hall–Kier alpha value is -2.90. The molecular weight excluding hydrogens is 406 g/mol. The van der Waals surface area contributed by atoms with Gasteiger partial charge in [-0.1, -0.05) is 49.4 Å². The Morgan fingerprint density at radius 1 is 0.969 bits per heavy atom. The van der Waals surface area contributed by atoms with Crippen LogP contribution in [0, 0.1) is 0 Å². The van der Waals surface area contributed by atoms with E-state index in [-0.39, 0.29) is 5.91 Å². The van der Waals surface area contributed by atoms with Gasteiger partial charge in [0.25, 0.3) is 5.91 Å². The van der Waals surface area contributed by atoms with E-state index < -0.39 is 11.7 Å². The first-order valence-corrected chi connectivity index (χ1v) is 10.9. The van der Waals surface area contributed by atoms with Gasteiger partial charge in [0.15, 0.2) is 0 Å². The lowest BCUT2D eigenvalue weighted by Crippen LogP contribution is -2.47. The van der Waals surface area contributed by atoms with Crippen molar-refractivity contribution in [3.05, 3.63) is 71.3 Å². The van der Waals surface area contributed by atoms with Crippen molar-refractivity contribution in [2.75, 3.05) is 26.8 Å². The van der Waals surface area contributed by atoms with E-state index in [0.29, 0.717) is 38.3 Å². The molecule has 0 unspecified atom stereocenters. The van der Waals surface area contributed by atoms with Crippen molar-refractivity contribution in [3.8, 4) is 0 Å². The number of benzene rings is 2. The summed E-state index contributed by atoms with van der Waals surface area (Å²) in [5.74, 6) is -0.0848. The zero-order valence-corrected chi connectivity index (χ0v) is 19.8. The first-order valence-electron chi connectivity index (χ1n) is 10.9. The van der Waals surface area contributed by atoms with Crippen LogP contribution in [-0.2, 0) is 22.6 Å². The Morgan fingerprint density at radius 2 is 1.62 bits per heavy atom. The number of nitrogens with zero attached hydrogens (tertiary/aromatic N) is 2. The molecule has 2 aromatic carbocycles. The fourth-order valence-electron chi connectivity index (χ4n) is 3.11. The topological polar surface area (TPSA) is 71.1 Å². The molecule has 0 fully saturated rings. The lowest BCUT2D eigenvalue weighted by atomic mass is 10.1. The summed E-state index contributed by atoms with van der Waals surface area (Å²) in [5, 5.41) is 6.49. The van der Waals surface area contributed by atoms with Crippen LogP contribution < -0.4 is 5.32 Å². The first-order chi connectivity index (χ1) is 15.2.